The average molecular weight is 441 g/mol. The van der Waals surface area contributed by atoms with Gasteiger partial charge in [-0.05, 0) is 54.1 Å². The van der Waals surface area contributed by atoms with Gasteiger partial charge in [0.2, 0.25) is 0 Å². The molecule has 0 spiro atoms. The molecular weight excluding hydrogens is 423 g/mol. The Morgan fingerprint density at radius 3 is 2.42 bits per heavy atom. The van der Waals surface area contributed by atoms with Gasteiger partial charge in [0, 0.05) is 11.6 Å². The van der Waals surface area contributed by atoms with E-state index < -0.39 is 11.7 Å². The van der Waals surface area contributed by atoms with Crippen LogP contribution in [0.1, 0.15) is 11.3 Å². The summed E-state index contributed by atoms with van der Waals surface area (Å²) in [6.45, 7) is 0.374. The Balaban J connectivity index is 1.87. The molecule has 0 fully saturated rings. The van der Waals surface area contributed by atoms with Crippen molar-refractivity contribution in [2.45, 2.75) is 12.7 Å². The zero-order valence-electron chi connectivity index (χ0n) is 16.5. The van der Waals surface area contributed by atoms with E-state index in [1.165, 1.54) is 23.5 Å². The van der Waals surface area contributed by atoms with Crippen molar-refractivity contribution in [2.24, 2.45) is 4.99 Å². The number of hydrogen-bond acceptors (Lipinski definition) is 4. The number of alkyl halides is 3. The van der Waals surface area contributed by atoms with Gasteiger partial charge in [-0.3, -0.25) is 4.98 Å². The number of benzene rings is 2. The quantitative estimate of drug-likeness (QED) is 0.386. The van der Waals surface area contributed by atoms with E-state index in [1.54, 1.807) is 19.4 Å². The number of aromatic nitrogens is 2. The first-order valence-electron chi connectivity index (χ1n) is 9.39. The summed E-state index contributed by atoms with van der Waals surface area (Å²) < 4.78 is 47.5. The predicted octanol–water partition coefficient (Wildman–Crippen LogP) is 5.92. The van der Waals surface area contributed by atoms with E-state index in [0.29, 0.717) is 11.3 Å². The molecule has 4 aromatic rings. The maximum absolute atomic E-state index is 13.5. The zero-order valence-corrected chi connectivity index (χ0v) is 17.3. The van der Waals surface area contributed by atoms with Crippen LogP contribution in [0.5, 0.6) is 5.75 Å². The minimum Gasteiger partial charge on any atom is -0.497 e. The van der Waals surface area contributed by atoms with E-state index >= 15 is 0 Å². The normalized spacial score (nSPS) is 12.2. The van der Waals surface area contributed by atoms with E-state index in [0.717, 1.165) is 28.8 Å². The maximum Gasteiger partial charge on any atom is 0.418 e. The molecule has 8 heteroatoms. The van der Waals surface area contributed by atoms with Gasteiger partial charge in [0.25, 0.3) is 0 Å². The molecule has 0 aliphatic rings. The Morgan fingerprint density at radius 2 is 1.74 bits per heavy atom. The van der Waals surface area contributed by atoms with Gasteiger partial charge in [-0.15, -0.1) is 11.3 Å². The number of hydrogen-bond donors (Lipinski definition) is 0. The van der Waals surface area contributed by atoms with Crippen LogP contribution in [0.25, 0.3) is 11.3 Å². The molecule has 0 aliphatic carbocycles. The second-order valence-corrected chi connectivity index (χ2v) is 7.50. The van der Waals surface area contributed by atoms with Crippen LogP contribution in [-0.4, -0.2) is 16.7 Å². The van der Waals surface area contributed by atoms with Crippen LogP contribution >= 0.6 is 11.3 Å². The highest BCUT2D eigenvalue weighted by molar-refractivity contribution is 7.07. The second-order valence-electron chi connectivity index (χ2n) is 6.67. The second kappa shape index (κ2) is 8.77. The van der Waals surface area contributed by atoms with Gasteiger partial charge in [0.1, 0.15) is 5.75 Å². The first-order valence-corrected chi connectivity index (χ1v) is 10.3. The van der Waals surface area contributed by atoms with Crippen molar-refractivity contribution in [3.05, 3.63) is 94.4 Å². The molecule has 0 radical (unpaired) electrons. The van der Waals surface area contributed by atoms with Crippen LogP contribution in [0.3, 0.4) is 0 Å². The summed E-state index contributed by atoms with van der Waals surface area (Å²) in [4.78, 5) is 9.21. The van der Waals surface area contributed by atoms with Gasteiger partial charge in [0.15, 0.2) is 4.80 Å². The van der Waals surface area contributed by atoms with Gasteiger partial charge in [-0.2, -0.15) is 13.2 Å². The van der Waals surface area contributed by atoms with Crippen molar-refractivity contribution in [1.29, 1.82) is 0 Å². The number of rotatable bonds is 5. The summed E-state index contributed by atoms with van der Waals surface area (Å²) in [6.07, 6.45) is -2.80. The standard InChI is InChI=1S/C23H18F3N3OS/c1-30-18-11-9-16(10-12-18)21-15-31-22(29(21)14-17-6-4-5-13-27-17)28-20-8-3-2-7-19(20)23(24,25)26/h2-13,15H,14H2,1H3. The van der Waals surface area contributed by atoms with Crippen molar-refractivity contribution in [3.63, 3.8) is 0 Å². The van der Waals surface area contributed by atoms with E-state index in [2.05, 4.69) is 9.98 Å². The molecule has 0 aliphatic heterocycles. The van der Waals surface area contributed by atoms with Crippen LogP contribution in [0, 0.1) is 0 Å². The number of nitrogens with zero attached hydrogens (tertiary/aromatic N) is 3. The average Bonchev–Trinajstić information content (AvgIpc) is 3.16. The summed E-state index contributed by atoms with van der Waals surface area (Å²) in [6, 6.07) is 18.4. The maximum atomic E-state index is 13.5. The van der Waals surface area contributed by atoms with Gasteiger partial charge in [0.05, 0.1) is 36.3 Å². The van der Waals surface area contributed by atoms with Gasteiger partial charge >= 0.3 is 6.18 Å². The van der Waals surface area contributed by atoms with E-state index in [-0.39, 0.29) is 5.69 Å². The third-order valence-electron chi connectivity index (χ3n) is 4.66. The smallest absolute Gasteiger partial charge is 0.418 e. The first-order chi connectivity index (χ1) is 15.0. The molecule has 4 nitrogen and oxygen atoms in total. The van der Waals surface area contributed by atoms with Crippen LogP contribution in [-0.2, 0) is 12.7 Å². The highest BCUT2D eigenvalue weighted by atomic mass is 32.1. The molecule has 0 unspecified atom stereocenters. The summed E-state index contributed by atoms with van der Waals surface area (Å²) in [5, 5.41) is 1.89. The van der Waals surface area contributed by atoms with Gasteiger partial charge in [-0.1, -0.05) is 18.2 Å². The molecule has 4 rings (SSSR count). The number of methoxy groups -OCH3 is 1. The molecule has 0 amide bonds. The summed E-state index contributed by atoms with van der Waals surface area (Å²) in [7, 11) is 1.59. The first kappa shape index (κ1) is 20.9. The minimum absolute atomic E-state index is 0.118. The molecule has 0 atom stereocenters. The molecule has 0 saturated carbocycles. The summed E-state index contributed by atoms with van der Waals surface area (Å²) >= 11 is 1.28. The molecule has 31 heavy (non-hydrogen) atoms. The highest BCUT2D eigenvalue weighted by Gasteiger charge is 2.33. The fourth-order valence-corrected chi connectivity index (χ4v) is 4.05. The number of pyridine rings is 1. The lowest BCUT2D eigenvalue weighted by Gasteiger charge is -2.11. The van der Waals surface area contributed by atoms with Crippen LogP contribution in [0.15, 0.2) is 83.3 Å². The monoisotopic (exact) mass is 441 g/mol. The lowest BCUT2D eigenvalue weighted by molar-refractivity contribution is -0.137. The Labute approximate surface area is 180 Å². The van der Waals surface area contributed by atoms with Crippen LogP contribution in [0.4, 0.5) is 18.9 Å². The third-order valence-corrected chi connectivity index (χ3v) is 5.52. The van der Waals surface area contributed by atoms with Crippen LogP contribution < -0.4 is 9.54 Å². The van der Waals surface area contributed by atoms with Crippen molar-refractivity contribution in [2.75, 3.05) is 7.11 Å². The van der Waals surface area contributed by atoms with Crippen molar-refractivity contribution >= 4 is 17.0 Å². The lowest BCUT2D eigenvalue weighted by Crippen LogP contribution is -2.17. The molecule has 2 aromatic carbocycles. The number of thiazole rings is 1. The fourth-order valence-electron chi connectivity index (χ4n) is 3.13. The largest absolute Gasteiger partial charge is 0.497 e. The molecule has 0 bridgehead atoms. The fraction of sp³-hybridized carbons (Fsp3) is 0.130. The van der Waals surface area contributed by atoms with Crippen LogP contribution in [0.2, 0.25) is 0 Å². The molecular formula is C23H18F3N3OS. The minimum atomic E-state index is -4.48. The predicted molar refractivity (Wildman–Crippen MR) is 114 cm³/mol. The van der Waals surface area contributed by atoms with Crippen molar-refractivity contribution in [3.8, 4) is 17.0 Å². The number of ether oxygens (including phenoxy) is 1. The molecule has 158 valence electrons. The van der Waals surface area contributed by atoms with E-state index in [9.17, 15) is 13.2 Å². The Bertz CT molecular complexity index is 1230. The Morgan fingerprint density at radius 1 is 1.00 bits per heavy atom. The van der Waals surface area contributed by atoms with E-state index in [4.69, 9.17) is 4.74 Å². The summed E-state index contributed by atoms with van der Waals surface area (Å²) in [5.74, 6) is 0.722. The number of para-hydroxylation sites is 1. The van der Waals surface area contributed by atoms with Crippen molar-refractivity contribution in [1.82, 2.24) is 9.55 Å². The van der Waals surface area contributed by atoms with Gasteiger partial charge < -0.3 is 9.30 Å². The number of halogens is 3. The van der Waals surface area contributed by atoms with E-state index in [1.807, 2.05) is 52.4 Å². The molecule has 0 N–H and O–H groups in total. The SMILES string of the molecule is COc1ccc(-c2csc(=Nc3ccccc3C(F)(F)F)n2Cc2ccccn2)cc1. The summed E-state index contributed by atoms with van der Waals surface area (Å²) in [5.41, 5.74) is 1.63. The highest BCUT2D eigenvalue weighted by Crippen LogP contribution is 2.36. The van der Waals surface area contributed by atoms with Crippen molar-refractivity contribution < 1.29 is 17.9 Å². The molecule has 2 aromatic heterocycles. The Hall–Kier alpha value is -3.39. The lowest BCUT2D eigenvalue weighted by atomic mass is 10.1. The molecule has 0 saturated heterocycles. The Kier molecular flexibility index (Phi) is 5.90. The topological polar surface area (TPSA) is 39.4 Å². The van der Waals surface area contributed by atoms with Gasteiger partial charge in [-0.25, -0.2) is 4.99 Å². The zero-order chi connectivity index (χ0) is 21.8. The molecule has 2 heterocycles. The third kappa shape index (κ3) is 4.69.